The minimum Gasteiger partial charge on any atom is -0.383 e. The van der Waals surface area contributed by atoms with E-state index in [4.69, 9.17) is 9.88 Å². The first-order valence-electron chi connectivity index (χ1n) is 5.99. The molecule has 0 spiro atoms. The molecule has 0 saturated heterocycles. The minimum atomic E-state index is -3.67. The Morgan fingerprint density at radius 2 is 2.21 bits per heavy atom. The summed E-state index contributed by atoms with van der Waals surface area (Å²) in [5, 5.41) is 8.48. The van der Waals surface area contributed by atoms with Gasteiger partial charge in [-0.05, 0) is 52.9 Å². The van der Waals surface area contributed by atoms with Crippen molar-refractivity contribution in [2.75, 3.05) is 19.0 Å². The van der Waals surface area contributed by atoms with Gasteiger partial charge in [0.15, 0.2) is 0 Å². The van der Waals surface area contributed by atoms with Crippen LogP contribution in [0.4, 0.5) is 5.69 Å². The number of benzene rings is 1. The number of nitrogens with two attached hydrogens (primary N) is 1. The van der Waals surface area contributed by atoms with E-state index in [0.717, 1.165) is 5.69 Å². The van der Waals surface area contributed by atoms with Gasteiger partial charge >= 0.3 is 0 Å². The molecule has 1 aliphatic carbocycles. The van der Waals surface area contributed by atoms with Crippen molar-refractivity contribution in [3.05, 3.63) is 22.7 Å². The van der Waals surface area contributed by atoms with Crippen molar-refractivity contribution < 1.29 is 13.2 Å². The first-order valence-corrected chi connectivity index (χ1v) is 8.33. The summed E-state index contributed by atoms with van der Waals surface area (Å²) in [6, 6.07) is 4.98. The Morgan fingerprint density at radius 1 is 1.53 bits per heavy atom. The molecule has 0 aromatic heterocycles. The number of hydrogen-bond donors (Lipinski definition) is 2. The van der Waals surface area contributed by atoms with E-state index >= 15 is 0 Å². The molecule has 0 amide bonds. The predicted octanol–water partition coefficient (Wildman–Crippen LogP) is 1.93. The van der Waals surface area contributed by atoms with Crippen molar-refractivity contribution >= 4 is 31.6 Å². The summed E-state index contributed by atoms with van der Waals surface area (Å²) in [5.74, 6) is 0.629. The molecule has 1 fully saturated rings. The van der Waals surface area contributed by atoms with Gasteiger partial charge in [-0.15, -0.1) is 0 Å². The normalized spacial score (nSPS) is 17.2. The number of halogens is 1. The smallest absolute Gasteiger partial charge is 0.238 e. The monoisotopic (exact) mass is 348 g/mol. The lowest BCUT2D eigenvalue weighted by Gasteiger charge is -2.19. The number of ether oxygens (including phenoxy) is 1. The van der Waals surface area contributed by atoms with E-state index in [0.29, 0.717) is 17.0 Å². The van der Waals surface area contributed by atoms with E-state index in [1.54, 1.807) is 13.2 Å². The van der Waals surface area contributed by atoms with Gasteiger partial charge < -0.3 is 10.1 Å². The largest absolute Gasteiger partial charge is 0.383 e. The molecule has 0 aliphatic heterocycles. The molecule has 1 saturated carbocycles. The zero-order valence-electron chi connectivity index (χ0n) is 10.6. The molecule has 3 N–H and O–H groups in total. The molecule has 5 nitrogen and oxygen atoms in total. The molecule has 0 heterocycles. The Bertz CT molecular complexity index is 558. The number of primary sulfonamides is 1. The van der Waals surface area contributed by atoms with Crippen LogP contribution in [-0.4, -0.2) is 28.2 Å². The zero-order valence-corrected chi connectivity index (χ0v) is 13.0. The van der Waals surface area contributed by atoms with E-state index in [-0.39, 0.29) is 10.9 Å². The van der Waals surface area contributed by atoms with Gasteiger partial charge in [-0.1, -0.05) is 0 Å². The van der Waals surface area contributed by atoms with Crippen LogP contribution in [0, 0.1) is 5.92 Å². The summed E-state index contributed by atoms with van der Waals surface area (Å²) in [4.78, 5) is 0.0969. The third kappa shape index (κ3) is 3.92. The number of methoxy groups -OCH3 is 1. The number of anilines is 1. The summed E-state index contributed by atoms with van der Waals surface area (Å²) in [6.07, 6.45) is 2.40. The standard InChI is InChI=1S/C12H17BrN2O3S/c1-18-7-12(8-2-3-8)15-11-5-4-9(6-10(11)13)19(14,16)17/h4-6,8,12,15H,2-3,7H2,1H3,(H2,14,16,17). The van der Waals surface area contributed by atoms with Gasteiger partial charge in [0.25, 0.3) is 0 Å². The van der Waals surface area contributed by atoms with Gasteiger partial charge in [-0.3, -0.25) is 0 Å². The summed E-state index contributed by atoms with van der Waals surface area (Å²) < 4.78 is 28.4. The van der Waals surface area contributed by atoms with E-state index in [2.05, 4.69) is 21.2 Å². The average Bonchev–Trinajstić information content (AvgIpc) is 3.13. The lowest BCUT2D eigenvalue weighted by molar-refractivity contribution is 0.179. The second-order valence-corrected chi connectivity index (χ2v) is 7.15. The topological polar surface area (TPSA) is 81.4 Å². The fourth-order valence-corrected chi connectivity index (χ4v) is 3.15. The molecule has 7 heteroatoms. The third-order valence-corrected chi connectivity index (χ3v) is 4.71. The molecule has 1 atom stereocenters. The molecule has 1 aliphatic rings. The molecule has 1 aromatic carbocycles. The maximum atomic E-state index is 11.3. The molecule has 1 unspecified atom stereocenters. The highest BCUT2D eigenvalue weighted by atomic mass is 79.9. The van der Waals surface area contributed by atoms with Crippen molar-refractivity contribution in [3.63, 3.8) is 0 Å². The van der Waals surface area contributed by atoms with Crippen LogP contribution in [0.5, 0.6) is 0 Å². The van der Waals surface area contributed by atoms with E-state index in [9.17, 15) is 8.42 Å². The molecule has 19 heavy (non-hydrogen) atoms. The average molecular weight is 349 g/mol. The predicted molar refractivity (Wildman–Crippen MR) is 77.5 cm³/mol. The SMILES string of the molecule is COCC(Nc1ccc(S(N)(=O)=O)cc1Br)C1CC1. The highest BCUT2D eigenvalue weighted by Crippen LogP contribution is 2.36. The first kappa shape index (κ1) is 14.8. The Balaban J connectivity index is 2.16. The van der Waals surface area contributed by atoms with Crippen molar-refractivity contribution in [2.24, 2.45) is 11.1 Å². The first-order chi connectivity index (χ1) is 8.91. The van der Waals surface area contributed by atoms with Crippen LogP contribution in [0.3, 0.4) is 0 Å². The van der Waals surface area contributed by atoms with Crippen molar-refractivity contribution in [1.82, 2.24) is 0 Å². The molecular weight excluding hydrogens is 332 g/mol. The van der Waals surface area contributed by atoms with Gasteiger partial charge in [0.2, 0.25) is 10.0 Å². The van der Waals surface area contributed by atoms with Gasteiger partial charge in [0, 0.05) is 17.3 Å². The fourth-order valence-electron chi connectivity index (χ4n) is 1.96. The number of nitrogens with one attached hydrogen (secondary N) is 1. The second-order valence-electron chi connectivity index (χ2n) is 4.73. The van der Waals surface area contributed by atoms with Gasteiger partial charge in [-0.25, -0.2) is 13.6 Å². The number of hydrogen-bond acceptors (Lipinski definition) is 4. The summed E-state index contributed by atoms with van der Waals surface area (Å²) in [5.41, 5.74) is 0.848. The lowest BCUT2D eigenvalue weighted by atomic mass is 10.2. The number of sulfonamides is 1. The summed E-state index contributed by atoms with van der Waals surface area (Å²) in [6.45, 7) is 0.633. The van der Waals surface area contributed by atoms with Crippen LogP contribution in [0.1, 0.15) is 12.8 Å². The molecule has 1 aromatic rings. The number of rotatable bonds is 6. The van der Waals surface area contributed by atoms with Gasteiger partial charge in [-0.2, -0.15) is 0 Å². The van der Waals surface area contributed by atoms with E-state index in [1.165, 1.54) is 25.0 Å². The fraction of sp³-hybridized carbons (Fsp3) is 0.500. The van der Waals surface area contributed by atoms with Crippen molar-refractivity contribution in [3.8, 4) is 0 Å². The lowest BCUT2D eigenvalue weighted by Crippen LogP contribution is -2.27. The van der Waals surface area contributed by atoms with Crippen LogP contribution in [-0.2, 0) is 14.8 Å². The van der Waals surface area contributed by atoms with Gasteiger partial charge in [0.1, 0.15) is 0 Å². The molecule has 106 valence electrons. The van der Waals surface area contributed by atoms with Crippen LogP contribution >= 0.6 is 15.9 Å². The van der Waals surface area contributed by atoms with E-state index < -0.39 is 10.0 Å². The Kier molecular flexibility index (Phi) is 4.50. The molecular formula is C12H17BrN2O3S. The minimum absolute atomic E-state index is 0.0969. The maximum absolute atomic E-state index is 11.3. The third-order valence-electron chi connectivity index (χ3n) is 3.15. The van der Waals surface area contributed by atoms with Crippen LogP contribution in [0.25, 0.3) is 0 Å². The quantitative estimate of drug-likeness (QED) is 0.822. The molecule has 0 radical (unpaired) electrons. The zero-order chi connectivity index (χ0) is 14.0. The highest BCUT2D eigenvalue weighted by molar-refractivity contribution is 9.10. The van der Waals surface area contributed by atoms with Gasteiger partial charge in [0.05, 0.1) is 17.5 Å². The molecule has 0 bridgehead atoms. The van der Waals surface area contributed by atoms with E-state index in [1.807, 2.05) is 0 Å². The molecule has 2 rings (SSSR count). The van der Waals surface area contributed by atoms with Crippen LogP contribution in [0.2, 0.25) is 0 Å². The van der Waals surface area contributed by atoms with Crippen LogP contribution < -0.4 is 10.5 Å². The Morgan fingerprint density at radius 3 is 2.68 bits per heavy atom. The summed E-state index contributed by atoms with van der Waals surface area (Å²) >= 11 is 3.37. The summed E-state index contributed by atoms with van der Waals surface area (Å²) in [7, 11) is -1.99. The van der Waals surface area contributed by atoms with Crippen molar-refractivity contribution in [1.29, 1.82) is 0 Å². The maximum Gasteiger partial charge on any atom is 0.238 e. The van der Waals surface area contributed by atoms with Crippen LogP contribution in [0.15, 0.2) is 27.6 Å². The Labute approximate surface area is 121 Å². The van der Waals surface area contributed by atoms with Crippen molar-refractivity contribution in [2.45, 2.75) is 23.8 Å². The highest BCUT2D eigenvalue weighted by Gasteiger charge is 2.31. The second kappa shape index (κ2) is 5.78. The Hall–Kier alpha value is -0.630.